The number of carbonyl (C=O) groups is 1. The first-order valence-electron chi connectivity index (χ1n) is 6.35. The van der Waals surface area contributed by atoms with E-state index >= 15 is 0 Å². The Morgan fingerprint density at radius 2 is 2.11 bits per heavy atom. The van der Waals surface area contributed by atoms with Gasteiger partial charge in [0, 0.05) is 11.4 Å². The van der Waals surface area contributed by atoms with Crippen molar-refractivity contribution >= 4 is 28.6 Å². The third-order valence-electron chi connectivity index (χ3n) is 2.70. The summed E-state index contributed by atoms with van der Waals surface area (Å²) in [6.07, 6.45) is 0. The van der Waals surface area contributed by atoms with Crippen LogP contribution in [0.5, 0.6) is 0 Å². The van der Waals surface area contributed by atoms with E-state index in [0.29, 0.717) is 5.75 Å². The second-order valence-corrected chi connectivity index (χ2v) is 5.80. The third kappa shape index (κ3) is 3.70. The quantitative estimate of drug-likeness (QED) is 0.871. The van der Waals surface area contributed by atoms with Gasteiger partial charge in [-0.15, -0.1) is 0 Å². The number of hydrogen-bond donors (Lipinski definition) is 1. The maximum Gasteiger partial charge on any atom is 0.230 e. The highest BCUT2D eigenvalue weighted by Crippen LogP contribution is 2.23. The van der Waals surface area contributed by atoms with Gasteiger partial charge in [-0.3, -0.25) is 4.79 Å². The fourth-order valence-electron chi connectivity index (χ4n) is 1.90. The number of para-hydroxylation sites is 1. The number of nitrogens with zero attached hydrogens (tertiary/aromatic N) is 1. The number of thioether (sulfide) groups is 1. The molecule has 3 nitrogen and oxygen atoms in total. The van der Waals surface area contributed by atoms with Crippen LogP contribution in [0, 0.1) is 6.92 Å². The largest absolute Gasteiger partial charge is 0.353 e. The molecule has 1 N–H and O–H groups in total. The number of benzene rings is 1. The Labute approximate surface area is 117 Å². The fourth-order valence-corrected chi connectivity index (χ4v) is 2.68. The van der Waals surface area contributed by atoms with Crippen molar-refractivity contribution in [2.45, 2.75) is 31.8 Å². The van der Waals surface area contributed by atoms with Crippen molar-refractivity contribution in [3.8, 4) is 0 Å². The molecule has 1 aromatic heterocycles. The highest BCUT2D eigenvalue weighted by Gasteiger charge is 2.07. The lowest BCUT2D eigenvalue weighted by atomic mass is 10.1. The van der Waals surface area contributed by atoms with E-state index in [4.69, 9.17) is 0 Å². The van der Waals surface area contributed by atoms with Gasteiger partial charge in [-0.05, 0) is 38.5 Å². The molecule has 0 fully saturated rings. The molecule has 0 radical (unpaired) electrons. The summed E-state index contributed by atoms with van der Waals surface area (Å²) in [7, 11) is 0. The summed E-state index contributed by atoms with van der Waals surface area (Å²) in [4.78, 5) is 16.2. The molecule has 0 saturated heterocycles. The van der Waals surface area contributed by atoms with Gasteiger partial charge in [0.2, 0.25) is 5.91 Å². The predicted octanol–water partition coefficient (Wildman–Crippen LogP) is 3.16. The molecule has 4 heteroatoms. The molecule has 1 aromatic carbocycles. The zero-order valence-corrected chi connectivity index (χ0v) is 12.3. The van der Waals surface area contributed by atoms with E-state index in [2.05, 4.69) is 23.3 Å². The number of pyridine rings is 1. The summed E-state index contributed by atoms with van der Waals surface area (Å²) >= 11 is 1.48. The Bertz CT molecular complexity index is 596. The molecule has 1 amide bonds. The molecule has 0 aliphatic carbocycles. The van der Waals surface area contributed by atoms with Crippen LogP contribution in [0.2, 0.25) is 0 Å². The van der Waals surface area contributed by atoms with Gasteiger partial charge in [-0.2, -0.15) is 0 Å². The molecule has 0 saturated carbocycles. The lowest BCUT2D eigenvalue weighted by Gasteiger charge is -2.08. The van der Waals surface area contributed by atoms with Crippen LogP contribution >= 0.6 is 11.8 Å². The smallest absolute Gasteiger partial charge is 0.230 e. The Kier molecular flexibility index (Phi) is 4.43. The van der Waals surface area contributed by atoms with Gasteiger partial charge < -0.3 is 5.32 Å². The number of fused-ring (bicyclic) bond motifs is 1. The van der Waals surface area contributed by atoms with Gasteiger partial charge in [0.15, 0.2) is 0 Å². The number of amides is 1. The van der Waals surface area contributed by atoms with Crippen LogP contribution in [-0.4, -0.2) is 22.7 Å². The monoisotopic (exact) mass is 274 g/mol. The lowest BCUT2D eigenvalue weighted by molar-refractivity contribution is -0.119. The molecule has 0 bridgehead atoms. The first kappa shape index (κ1) is 13.9. The van der Waals surface area contributed by atoms with Crippen molar-refractivity contribution in [2.75, 3.05) is 5.75 Å². The van der Waals surface area contributed by atoms with Crippen molar-refractivity contribution < 1.29 is 4.79 Å². The molecule has 0 unspecified atom stereocenters. The van der Waals surface area contributed by atoms with E-state index in [1.807, 2.05) is 38.1 Å². The van der Waals surface area contributed by atoms with E-state index in [1.54, 1.807) is 0 Å². The topological polar surface area (TPSA) is 42.0 Å². The van der Waals surface area contributed by atoms with Gasteiger partial charge in [0.25, 0.3) is 0 Å². The minimum absolute atomic E-state index is 0.0487. The first-order chi connectivity index (χ1) is 9.06. The van der Waals surface area contributed by atoms with E-state index < -0.39 is 0 Å². The lowest BCUT2D eigenvalue weighted by Crippen LogP contribution is -2.31. The van der Waals surface area contributed by atoms with Gasteiger partial charge in [-0.25, -0.2) is 4.98 Å². The zero-order chi connectivity index (χ0) is 13.8. The Morgan fingerprint density at radius 1 is 1.37 bits per heavy atom. The second-order valence-electron chi connectivity index (χ2n) is 4.81. The number of rotatable bonds is 4. The standard InChI is InChI=1S/C15H18N2OS/c1-10(2)16-14(18)9-19-15-8-11(3)12-6-4-5-7-13(12)17-15/h4-8,10H,9H2,1-3H3,(H,16,18). The molecule has 2 rings (SSSR count). The molecule has 0 atom stereocenters. The number of carbonyl (C=O) groups excluding carboxylic acids is 1. The van der Waals surface area contributed by atoms with E-state index in [9.17, 15) is 4.79 Å². The maximum atomic E-state index is 11.6. The fraction of sp³-hybridized carbons (Fsp3) is 0.333. The van der Waals surface area contributed by atoms with Gasteiger partial charge in [0.1, 0.15) is 0 Å². The Balaban J connectivity index is 2.11. The van der Waals surface area contributed by atoms with E-state index in [0.717, 1.165) is 10.5 Å². The van der Waals surface area contributed by atoms with Crippen molar-refractivity contribution in [3.63, 3.8) is 0 Å². The van der Waals surface area contributed by atoms with Crippen LogP contribution < -0.4 is 5.32 Å². The zero-order valence-electron chi connectivity index (χ0n) is 11.4. The molecule has 19 heavy (non-hydrogen) atoms. The predicted molar refractivity (Wildman–Crippen MR) is 80.5 cm³/mol. The number of aromatic nitrogens is 1. The minimum atomic E-state index is 0.0487. The minimum Gasteiger partial charge on any atom is -0.353 e. The van der Waals surface area contributed by atoms with Crippen molar-refractivity contribution in [3.05, 3.63) is 35.9 Å². The molecule has 0 aliphatic heterocycles. The van der Waals surface area contributed by atoms with Gasteiger partial charge >= 0.3 is 0 Å². The Hall–Kier alpha value is -1.55. The van der Waals surface area contributed by atoms with Crippen LogP contribution in [0.3, 0.4) is 0 Å². The molecule has 2 aromatic rings. The van der Waals surface area contributed by atoms with Crippen LogP contribution in [0.15, 0.2) is 35.4 Å². The summed E-state index contributed by atoms with van der Waals surface area (Å²) in [5.41, 5.74) is 2.17. The van der Waals surface area contributed by atoms with Crippen molar-refractivity contribution in [2.24, 2.45) is 0 Å². The Morgan fingerprint density at radius 3 is 2.84 bits per heavy atom. The summed E-state index contributed by atoms with van der Waals surface area (Å²) in [6.45, 7) is 5.99. The summed E-state index contributed by atoms with van der Waals surface area (Å²) < 4.78 is 0. The van der Waals surface area contributed by atoms with Crippen molar-refractivity contribution in [1.82, 2.24) is 10.3 Å². The van der Waals surface area contributed by atoms with Crippen LogP contribution in [-0.2, 0) is 4.79 Å². The average Bonchev–Trinajstić information content (AvgIpc) is 2.36. The highest BCUT2D eigenvalue weighted by molar-refractivity contribution is 7.99. The molecular weight excluding hydrogens is 256 g/mol. The molecular formula is C15H18N2OS. The maximum absolute atomic E-state index is 11.6. The number of aryl methyl sites for hydroxylation is 1. The molecule has 1 heterocycles. The molecule has 0 aliphatic rings. The van der Waals surface area contributed by atoms with Crippen LogP contribution in [0.4, 0.5) is 0 Å². The first-order valence-corrected chi connectivity index (χ1v) is 7.33. The van der Waals surface area contributed by atoms with Crippen molar-refractivity contribution in [1.29, 1.82) is 0 Å². The van der Waals surface area contributed by atoms with Crippen LogP contribution in [0.1, 0.15) is 19.4 Å². The number of hydrogen-bond acceptors (Lipinski definition) is 3. The highest BCUT2D eigenvalue weighted by atomic mass is 32.2. The average molecular weight is 274 g/mol. The van der Waals surface area contributed by atoms with E-state index in [1.165, 1.54) is 22.7 Å². The van der Waals surface area contributed by atoms with Gasteiger partial charge in [0.05, 0.1) is 16.3 Å². The summed E-state index contributed by atoms with van der Waals surface area (Å²) in [5, 5.41) is 4.94. The summed E-state index contributed by atoms with van der Waals surface area (Å²) in [6, 6.07) is 10.3. The van der Waals surface area contributed by atoms with Crippen LogP contribution in [0.25, 0.3) is 10.9 Å². The SMILES string of the molecule is Cc1cc(SCC(=O)NC(C)C)nc2ccccc12. The molecule has 100 valence electrons. The normalized spacial score (nSPS) is 10.9. The number of nitrogens with one attached hydrogen (secondary N) is 1. The summed E-state index contributed by atoms with van der Waals surface area (Å²) in [5.74, 6) is 0.454. The molecule has 0 spiro atoms. The second kappa shape index (κ2) is 6.06. The van der Waals surface area contributed by atoms with Gasteiger partial charge in [-0.1, -0.05) is 30.0 Å². The third-order valence-corrected chi connectivity index (χ3v) is 3.61. The van der Waals surface area contributed by atoms with E-state index in [-0.39, 0.29) is 11.9 Å².